The number of carbonyl (C=O) groups excluding carboxylic acids is 1. The maximum Gasteiger partial charge on any atom is 0.337 e. The predicted octanol–water partition coefficient (Wildman–Crippen LogP) is 0.214. The second-order valence-corrected chi connectivity index (χ2v) is 3.36. The molecule has 5 heteroatoms. The van der Waals surface area contributed by atoms with Gasteiger partial charge in [0.05, 0.1) is 7.11 Å². The summed E-state index contributed by atoms with van der Waals surface area (Å²) in [5.74, 6) is -0.533. The van der Waals surface area contributed by atoms with Crippen molar-refractivity contribution in [3.63, 3.8) is 0 Å². The van der Waals surface area contributed by atoms with Crippen molar-refractivity contribution in [1.29, 1.82) is 0 Å². The maximum atomic E-state index is 11.1. The monoisotopic (exact) mass is 209 g/mol. The zero-order chi connectivity index (χ0) is 9.19. The van der Waals surface area contributed by atoms with Crippen LogP contribution in [0.4, 0.5) is 0 Å². The van der Waals surface area contributed by atoms with Crippen molar-refractivity contribution >= 4 is 18.4 Å². The van der Waals surface area contributed by atoms with Crippen molar-refractivity contribution < 1.29 is 14.6 Å². The Morgan fingerprint density at radius 3 is 2.38 bits per heavy atom. The molecule has 1 saturated carbocycles. The molecule has 1 aliphatic carbocycles. The fourth-order valence-electron chi connectivity index (χ4n) is 1.51. The Labute approximate surface area is 83.9 Å². The minimum atomic E-state index is -1.27. The zero-order valence-corrected chi connectivity index (χ0v) is 8.47. The fourth-order valence-corrected chi connectivity index (χ4v) is 1.51. The average molecular weight is 210 g/mol. The van der Waals surface area contributed by atoms with Crippen LogP contribution in [0.2, 0.25) is 0 Å². The van der Waals surface area contributed by atoms with Gasteiger partial charge >= 0.3 is 5.97 Å². The largest absolute Gasteiger partial charge is 0.467 e. The first kappa shape index (κ1) is 12.7. The Morgan fingerprint density at radius 2 is 2.00 bits per heavy atom. The number of nitrogens with two attached hydrogens (primary N) is 1. The van der Waals surface area contributed by atoms with E-state index in [0.29, 0.717) is 25.7 Å². The van der Waals surface area contributed by atoms with Crippen LogP contribution < -0.4 is 5.73 Å². The maximum absolute atomic E-state index is 11.1. The molecule has 0 atom stereocenters. The predicted molar refractivity (Wildman–Crippen MR) is 50.7 cm³/mol. The minimum Gasteiger partial charge on any atom is -0.467 e. The van der Waals surface area contributed by atoms with Crippen molar-refractivity contribution in [2.75, 3.05) is 7.11 Å². The van der Waals surface area contributed by atoms with Crippen molar-refractivity contribution in [2.45, 2.75) is 37.3 Å². The standard InChI is InChI=1S/C8H15NO3.ClH/c1-12-7(10)8(11)4-2-6(9)3-5-8;/h6,11H,2-5,9H2,1H3;1H/t6-,8-;. The van der Waals surface area contributed by atoms with Gasteiger partial charge in [-0.25, -0.2) is 4.79 Å². The summed E-state index contributed by atoms with van der Waals surface area (Å²) in [4.78, 5) is 11.1. The van der Waals surface area contributed by atoms with E-state index < -0.39 is 11.6 Å². The third-order valence-electron chi connectivity index (χ3n) is 2.42. The number of aliphatic hydroxyl groups is 1. The third-order valence-corrected chi connectivity index (χ3v) is 2.42. The molecule has 13 heavy (non-hydrogen) atoms. The molecule has 1 rings (SSSR count). The summed E-state index contributed by atoms with van der Waals surface area (Å²) in [5.41, 5.74) is 4.36. The molecular weight excluding hydrogens is 194 g/mol. The Bertz CT molecular complexity index is 178. The summed E-state index contributed by atoms with van der Waals surface area (Å²) in [7, 11) is 1.29. The summed E-state index contributed by atoms with van der Waals surface area (Å²) < 4.78 is 4.50. The molecule has 0 saturated heterocycles. The summed E-state index contributed by atoms with van der Waals surface area (Å²) in [6, 6.07) is 0.120. The van der Waals surface area contributed by atoms with Gasteiger partial charge in [-0.3, -0.25) is 0 Å². The number of ether oxygens (including phenoxy) is 1. The quantitative estimate of drug-likeness (QED) is 0.606. The highest BCUT2D eigenvalue weighted by molar-refractivity contribution is 5.85. The Hall–Kier alpha value is -0.320. The number of esters is 1. The van der Waals surface area contributed by atoms with Gasteiger partial charge in [0.2, 0.25) is 0 Å². The average Bonchev–Trinajstić information content (AvgIpc) is 2.09. The van der Waals surface area contributed by atoms with Crippen LogP contribution in [0, 0.1) is 0 Å². The number of halogens is 1. The van der Waals surface area contributed by atoms with E-state index in [2.05, 4.69) is 4.74 Å². The van der Waals surface area contributed by atoms with Crippen LogP contribution >= 0.6 is 12.4 Å². The molecule has 3 N–H and O–H groups in total. The lowest BCUT2D eigenvalue weighted by molar-refractivity contribution is -0.165. The first-order chi connectivity index (χ1) is 5.58. The van der Waals surface area contributed by atoms with E-state index >= 15 is 0 Å². The summed E-state index contributed by atoms with van der Waals surface area (Å²) >= 11 is 0. The van der Waals surface area contributed by atoms with Crippen molar-refractivity contribution in [1.82, 2.24) is 0 Å². The zero-order valence-electron chi connectivity index (χ0n) is 7.66. The number of hydrogen-bond acceptors (Lipinski definition) is 4. The minimum absolute atomic E-state index is 0. The highest BCUT2D eigenvalue weighted by Crippen LogP contribution is 2.28. The number of rotatable bonds is 1. The van der Waals surface area contributed by atoms with E-state index in [-0.39, 0.29) is 18.4 Å². The molecule has 1 aliphatic rings. The molecule has 0 aliphatic heterocycles. The molecule has 0 aromatic carbocycles. The molecular formula is C8H16ClNO3. The first-order valence-corrected chi connectivity index (χ1v) is 4.15. The topological polar surface area (TPSA) is 72.5 Å². The van der Waals surface area contributed by atoms with Gasteiger partial charge in [-0.15, -0.1) is 12.4 Å². The summed E-state index contributed by atoms with van der Waals surface area (Å²) in [6.07, 6.45) is 2.21. The lowest BCUT2D eigenvalue weighted by Crippen LogP contribution is -2.45. The van der Waals surface area contributed by atoms with Gasteiger partial charge < -0.3 is 15.6 Å². The Morgan fingerprint density at radius 1 is 1.54 bits per heavy atom. The Kier molecular flexibility index (Phi) is 4.67. The van der Waals surface area contributed by atoms with Crippen LogP contribution in [-0.4, -0.2) is 29.8 Å². The van der Waals surface area contributed by atoms with Crippen LogP contribution in [0.25, 0.3) is 0 Å². The SMILES string of the molecule is COC(=O)[C@]1(O)CC[C@H](N)CC1.Cl. The molecule has 0 aromatic rings. The molecule has 0 spiro atoms. The molecule has 0 amide bonds. The van der Waals surface area contributed by atoms with E-state index in [1.807, 2.05) is 0 Å². The van der Waals surface area contributed by atoms with Crippen molar-refractivity contribution in [3.8, 4) is 0 Å². The lowest BCUT2D eigenvalue weighted by atomic mass is 9.82. The second-order valence-electron chi connectivity index (χ2n) is 3.36. The summed E-state index contributed by atoms with van der Waals surface area (Å²) in [6.45, 7) is 0. The fraction of sp³-hybridized carbons (Fsp3) is 0.875. The molecule has 0 bridgehead atoms. The molecule has 0 unspecified atom stereocenters. The normalized spacial score (nSPS) is 33.3. The van der Waals surface area contributed by atoms with Gasteiger partial charge in [0, 0.05) is 6.04 Å². The van der Waals surface area contributed by atoms with Crippen LogP contribution in [0.15, 0.2) is 0 Å². The van der Waals surface area contributed by atoms with Crippen LogP contribution in [-0.2, 0) is 9.53 Å². The highest BCUT2D eigenvalue weighted by atomic mass is 35.5. The molecule has 0 radical (unpaired) electrons. The number of hydrogen-bond donors (Lipinski definition) is 2. The third kappa shape index (κ3) is 2.83. The van der Waals surface area contributed by atoms with E-state index in [9.17, 15) is 9.90 Å². The molecule has 0 heterocycles. The molecule has 1 fully saturated rings. The van der Waals surface area contributed by atoms with Crippen LogP contribution in [0.5, 0.6) is 0 Å². The van der Waals surface area contributed by atoms with Crippen molar-refractivity contribution in [3.05, 3.63) is 0 Å². The van der Waals surface area contributed by atoms with Gasteiger partial charge in [0.25, 0.3) is 0 Å². The molecule has 0 aromatic heterocycles. The molecule has 78 valence electrons. The van der Waals surface area contributed by atoms with Gasteiger partial charge in [-0.2, -0.15) is 0 Å². The lowest BCUT2D eigenvalue weighted by Gasteiger charge is -2.31. The second kappa shape index (κ2) is 4.79. The molecule has 4 nitrogen and oxygen atoms in total. The first-order valence-electron chi connectivity index (χ1n) is 4.15. The van der Waals surface area contributed by atoms with E-state index in [0.717, 1.165) is 0 Å². The van der Waals surface area contributed by atoms with E-state index in [4.69, 9.17) is 5.73 Å². The van der Waals surface area contributed by atoms with Crippen LogP contribution in [0.3, 0.4) is 0 Å². The number of methoxy groups -OCH3 is 1. The van der Waals surface area contributed by atoms with Gasteiger partial charge in [0.1, 0.15) is 0 Å². The Balaban J connectivity index is 0.00000144. The number of carbonyl (C=O) groups is 1. The van der Waals surface area contributed by atoms with Crippen molar-refractivity contribution in [2.24, 2.45) is 5.73 Å². The van der Waals surface area contributed by atoms with Crippen LogP contribution in [0.1, 0.15) is 25.7 Å². The van der Waals surface area contributed by atoms with Gasteiger partial charge in [0.15, 0.2) is 5.60 Å². The summed E-state index contributed by atoms with van der Waals surface area (Å²) in [5, 5.41) is 9.73. The van der Waals surface area contributed by atoms with Gasteiger partial charge in [-0.1, -0.05) is 0 Å². The van der Waals surface area contributed by atoms with E-state index in [1.54, 1.807) is 0 Å². The smallest absolute Gasteiger partial charge is 0.337 e. The van der Waals surface area contributed by atoms with E-state index in [1.165, 1.54) is 7.11 Å². The highest BCUT2D eigenvalue weighted by Gasteiger charge is 2.39. The van der Waals surface area contributed by atoms with Gasteiger partial charge in [-0.05, 0) is 25.7 Å².